The molecule has 0 saturated carbocycles. The third kappa shape index (κ3) is 14.4. The normalized spacial score (nSPS) is 13.6. The number of benzene rings is 2. The predicted molar refractivity (Wildman–Crippen MR) is 189 cm³/mol. The Morgan fingerprint density at radius 3 is 0.902 bits per heavy atom. The van der Waals surface area contributed by atoms with E-state index in [2.05, 4.69) is 145 Å². The topological polar surface area (TPSA) is 42.3 Å². The van der Waals surface area contributed by atoms with E-state index in [1.807, 2.05) is 0 Å². The van der Waals surface area contributed by atoms with Gasteiger partial charge in [0.05, 0.1) is 0 Å². The fourth-order valence-electron chi connectivity index (χ4n) is 5.37. The van der Waals surface area contributed by atoms with Gasteiger partial charge in [-0.15, -0.1) is 23.5 Å². The molecule has 0 fully saturated rings. The minimum Gasteiger partial charge on any atom is -0.681 e. The van der Waals surface area contributed by atoms with Gasteiger partial charge >= 0.3 is 0 Å². The maximum atomic E-state index is 5.24. The van der Waals surface area contributed by atoms with Crippen LogP contribution in [-0.4, -0.2) is 28.6 Å². The van der Waals surface area contributed by atoms with Gasteiger partial charge in [0, 0.05) is 19.5 Å². The Balaban J connectivity index is 0.00000138. The van der Waals surface area contributed by atoms with Gasteiger partial charge in [-0.1, -0.05) is 190 Å². The van der Waals surface area contributed by atoms with Gasteiger partial charge in [-0.2, -0.15) is 0 Å². The first kappa shape index (κ1) is 40.1. The average molecular weight is 646 g/mol. The third-order valence-electron chi connectivity index (χ3n) is 6.74. The first-order chi connectivity index (χ1) is 18.2. The molecule has 230 valence electrons. The third-order valence-corrected chi connectivity index (χ3v) is 12.1. The van der Waals surface area contributed by atoms with Crippen molar-refractivity contribution in [3.05, 3.63) is 73.9 Å². The number of nitrogens with zero attached hydrogens (tertiary/aromatic N) is 3. The smallest absolute Gasteiger partial charge is 0 e. The molecule has 0 aliphatic carbocycles. The molecule has 0 N–H and O–H groups in total. The summed E-state index contributed by atoms with van der Waals surface area (Å²) < 4.78 is 4.82. The average Bonchev–Trinajstić information content (AvgIpc) is 2.76. The molecular weight excluding hydrogens is 584 g/mol. The molecule has 0 aromatic heterocycles. The quantitative estimate of drug-likeness (QED) is 0.206. The molecule has 2 rings (SSSR count). The summed E-state index contributed by atoms with van der Waals surface area (Å²) in [5.41, 5.74) is 7.84. The van der Waals surface area contributed by atoms with Crippen LogP contribution in [-0.2, 0) is 19.5 Å². The minimum atomic E-state index is -1.11. The zero-order chi connectivity index (χ0) is 31.0. The Morgan fingerprint density at radius 1 is 0.488 bits per heavy atom. The summed E-state index contributed by atoms with van der Waals surface area (Å²) >= 11 is 0. The molecule has 0 spiro atoms. The van der Waals surface area contributed by atoms with Crippen molar-refractivity contribution in [2.45, 2.75) is 151 Å². The molecule has 0 amide bonds. The van der Waals surface area contributed by atoms with Gasteiger partial charge in [-0.25, -0.2) is 0 Å². The summed E-state index contributed by atoms with van der Waals surface area (Å²) in [6.45, 7) is 36.4. The van der Waals surface area contributed by atoms with Crippen molar-refractivity contribution in [2.75, 3.05) is 0 Å². The van der Waals surface area contributed by atoms with Gasteiger partial charge in [0.25, 0.3) is 0 Å². The molecular formula is C35H62N3Si2Zn-3. The van der Waals surface area contributed by atoms with Gasteiger partial charge in [-0.05, 0) is 23.7 Å². The molecule has 2 unspecified atom stereocenters. The van der Waals surface area contributed by atoms with Crippen LogP contribution in [0.15, 0.2) is 36.4 Å². The van der Waals surface area contributed by atoms with Gasteiger partial charge in [0.1, 0.15) is 0 Å². The molecule has 0 aliphatic heterocycles. The first-order valence-corrected chi connectivity index (χ1v) is 22.5. The largest absolute Gasteiger partial charge is 0.681 e. The summed E-state index contributed by atoms with van der Waals surface area (Å²) in [4.78, 5) is 0. The standard InChI is InChI=1S/C29H44N2.C6H18NSi2.Zn/c1-18(2)24-13-11-14-25(19(3)4)28(24)30-22(9)17-23(10)31-29-26(20(5)6)15-12-16-27(29)21(7)8;1-8(2,3)7-9(4,5)6;/h11-16,18-23H,17H2,1-10H3;1-6H3;/q-2;-1;. The maximum Gasteiger partial charge on any atom is 0 e. The number of rotatable bonds is 12. The van der Waals surface area contributed by atoms with Crippen molar-refractivity contribution in [1.82, 2.24) is 0 Å². The summed E-state index contributed by atoms with van der Waals surface area (Å²) in [5, 5.41) is 10.5. The fourth-order valence-corrected chi connectivity index (χ4v) is 13.4. The SMILES string of the molecule is CC(CC(C)[N-]c1c(C(C)C)cccc1C(C)C)[N-]c1c(C(C)C)cccc1C(C)C.C[Si](C)(C)[N-][Si](C)(C)C.[Zn]. The van der Waals surface area contributed by atoms with E-state index < -0.39 is 16.5 Å². The van der Waals surface area contributed by atoms with Crippen LogP contribution in [0.2, 0.25) is 39.3 Å². The molecule has 2 aromatic carbocycles. The molecule has 0 radical (unpaired) electrons. The van der Waals surface area contributed by atoms with Gasteiger partial charge in [-0.3, -0.25) is 0 Å². The summed E-state index contributed by atoms with van der Waals surface area (Å²) in [6.07, 6.45) is 0.952. The van der Waals surface area contributed by atoms with Crippen molar-refractivity contribution >= 4 is 27.8 Å². The van der Waals surface area contributed by atoms with E-state index in [-0.39, 0.29) is 31.6 Å². The van der Waals surface area contributed by atoms with Gasteiger partial charge in [0.15, 0.2) is 0 Å². The van der Waals surface area contributed by atoms with Crippen LogP contribution in [0.5, 0.6) is 0 Å². The summed E-state index contributed by atoms with van der Waals surface area (Å²) in [5.74, 6) is 1.88. The van der Waals surface area contributed by atoms with E-state index in [1.165, 1.54) is 33.6 Å². The van der Waals surface area contributed by atoms with Crippen LogP contribution < -0.4 is 0 Å². The molecule has 0 saturated heterocycles. The monoisotopic (exact) mass is 644 g/mol. The zero-order valence-electron chi connectivity index (χ0n) is 29.7. The van der Waals surface area contributed by atoms with Crippen LogP contribution in [0.1, 0.15) is 122 Å². The van der Waals surface area contributed by atoms with Gasteiger partial charge < -0.3 is 15.3 Å². The Morgan fingerprint density at radius 2 is 0.732 bits per heavy atom. The Labute approximate surface area is 270 Å². The van der Waals surface area contributed by atoms with Crippen molar-refractivity contribution in [2.24, 2.45) is 0 Å². The van der Waals surface area contributed by atoms with E-state index >= 15 is 0 Å². The van der Waals surface area contributed by atoms with E-state index in [0.717, 1.165) is 6.42 Å². The maximum absolute atomic E-state index is 5.24. The Hall–Kier alpha value is -0.943. The van der Waals surface area contributed by atoms with E-state index in [1.54, 1.807) is 0 Å². The second-order valence-corrected chi connectivity index (χ2v) is 24.4. The van der Waals surface area contributed by atoms with E-state index in [9.17, 15) is 0 Å². The van der Waals surface area contributed by atoms with Crippen molar-refractivity contribution in [3.63, 3.8) is 0 Å². The fraction of sp³-hybridized carbons (Fsp3) is 0.657. The number of para-hydroxylation sites is 2. The number of hydrogen-bond acceptors (Lipinski definition) is 0. The van der Waals surface area contributed by atoms with Crippen molar-refractivity contribution in [3.8, 4) is 0 Å². The Kier molecular flexibility index (Phi) is 17.0. The zero-order valence-corrected chi connectivity index (χ0v) is 34.7. The molecule has 0 aliphatic rings. The second-order valence-electron chi connectivity index (χ2n) is 14.8. The van der Waals surface area contributed by atoms with Gasteiger partial charge in [0.2, 0.25) is 0 Å². The van der Waals surface area contributed by atoms with E-state index in [0.29, 0.717) is 23.7 Å². The van der Waals surface area contributed by atoms with Crippen molar-refractivity contribution < 1.29 is 19.5 Å². The van der Waals surface area contributed by atoms with Crippen molar-refractivity contribution in [1.29, 1.82) is 0 Å². The summed E-state index contributed by atoms with van der Waals surface area (Å²) in [6, 6.07) is 13.8. The molecule has 0 heterocycles. The first-order valence-electron chi connectivity index (χ1n) is 15.6. The second kappa shape index (κ2) is 17.4. The van der Waals surface area contributed by atoms with E-state index in [4.69, 9.17) is 15.3 Å². The molecule has 6 heteroatoms. The summed E-state index contributed by atoms with van der Waals surface area (Å²) in [7, 11) is -2.21. The predicted octanol–water partition coefficient (Wildman–Crippen LogP) is 13.1. The number of hydrogen-bond donors (Lipinski definition) is 0. The molecule has 2 atom stereocenters. The Bertz CT molecular complexity index is 903. The molecule has 3 nitrogen and oxygen atoms in total. The minimum absolute atomic E-state index is 0. The van der Waals surface area contributed by atoms with Crippen LogP contribution in [0.25, 0.3) is 15.3 Å². The molecule has 41 heavy (non-hydrogen) atoms. The van der Waals surface area contributed by atoms with Crippen LogP contribution >= 0.6 is 0 Å². The van der Waals surface area contributed by atoms with Crippen LogP contribution in [0.3, 0.4) is 0 Å². The van der Waals surface area contributed by atoms with Crippen LogP contribution in [0.4, 0.5) is 11.4 Å². The molecule has 0 bridgehead atoms. The van der Waals surface area contributed by atoms with Crippen LogP contribution in [0, 0.1) is 0 Å². The molecule has 2 aromatic rings.